The fourth-order valence-corrected chi connectivity index (χ4v) is 2.95. The van der Waals surface area contributed by atoms with Gasteiger partial charge in [-0.05, 0) is 29.8 Å². The van der Waals surface area contributed by atoms with E-state index in [-0.39, 0.29) is 11.9 Å². The van der Waals surface area contributed by atoms with Crippen LogP contribution in [0.1, 0.15) is 24.1 Å². The molecular formula is C21H20N3O+. The van der Waals surface area contributed by atoms with E-state index in [2.05, 4.69) is 42.6 Å². The minimum atomic E-state index is -0.116. The highest BCUT2D eigenvalue weighted by Crippen LogP contribution is 2.22. The van der Waals surface area contributed by atoms with Gasteiger partial charge < -0.3 is 10.6 Å². The molecule has 1 atom stereocenters. The maximum atomic E-state index is 12.2. The Morgan fingerprint density at radius 3 is 2.64 bits per heavy atom. The van der Waals surface area contributed by atoms with Crippen LogP contribution in [-0.2, 0) is 4.79 Å². The van der Waals surface area contributed by atoms with Crippen molar-refractivity contribution in [2.45, 2.75) is 13.0 Å². The molecule has 25 heavy (non-hydrogen) atoms. The Morgan fingerprint density at radius 2 is 1.80 bits per heavy atom. The zero-order valence-electron chi connectivity index (χ0n) is 14.1. The van der Waals surface area contributed by atoms with Gasteiger partial charge in [0.25, 0.3) is 5.91 Å². The molecule has 0 heterocycles. The molecule has 0 aliphatic carbocycles. The number of fused-ring (bicyclic) bond motifs is 1. The third kappa shape index (κ3) is 3.85. The molecule has 0 unspecified atom stereocenters. The van der Waals surface area contributed by atoms with E-state index in [1.54, 1.807) is 24.3 Å². The maximum absolute atomic E-state index is 12.2. The van der Waals surface area contributed by atoms with E-state index in [0.717, 1.165) is 0 Å². The topological polar surface area (TPSA) is 69.5 Å². The number of nitrogens with one attached hydrogen (secondary N) is 1. The zero-order valence-corrected chi connectivity index (χ0v) is 14.1. The van der Waals surface area contributed by atoms with Crippen LogP contribution in [0.2, 0.25) is 0 Å². The normalized spacial score (nSPS) is 11.7. The number of carbonyl (C=O) groups excluding carboxylic acids is 1. The quantitative estimate of drug-likeness (QED) is 0.755. The van der Waals surface area contributed by atoms with Crippen molar-refractivity contribution >= 4 is 22.4 Å². The molecule has 4 heteroatoms. The number of carbonyl (C=O) groups is 1. The van der Waals surface area contributed by atoms with Crippen LogP contribution in [0.15, 0.2) is 66.7 Å². The van der Waals surface area contributed by atoms with Gasteiger partial charge in [0, 0.05) is 5.56 Å². The number of nitrogens with two attached hydrogens (primary N) is 1. The van der Waals surface area contributed by atoms with Crippen molar-refractivity contribution in [1.29, 1.82) is 5.26 Å². The highest BCUT2D eigenvalue weighted by atomic mass is 16.1. The Bertz CT molecular complexity index is 938. The van der Waals surface area contributed by atoms with E-state index in [1.807, 2.05) is 23.5 Å². The molecule has 4 nitrogen and oxygen atoms in total. The molecule has 0 fully saturated rings. The lowest BCUT2D eigenvalue weighted by atomic mass is 10.00. The summed E-state index contributed by atoms with van der Waals surface area (Å²) in [5.41, 5.74) is 2.24. The first-order valence-corrected chi connectivity index (χ1v) is 8.29. The average Bonchev–Trinajstić information content (AvgIpc) is 2.66. The molecule has 0 aromatic heterocycles. The second-order valence-electron chi connectivity index (χ2n) is 6.00. The molecule has 0 spiro atoms. The number of amides is 1. The fourth-order valence-electron chi connectivity index (χ4n) is 2.95. The number of anilines is 1. The summed E-state index contributed by atoms with van der Waals surface area (Å²) in [5, 5.41) is 16.3. The van der Waals surface area contributed by atoms with Crippen LogP contribution >= 0.6 is 0 Å². The van der Waals surface area contributed by atoms with Crippen molar-refractivity contribution < 1.29 is 10.1 Å². The van der Waals surface area contributed by atoms with Gasteiger partial charge in [-0.25, -0.2) is 0 Å². The molecule has 0 aliphatic rings. The van der Waals surface area contributed by atoms with Gasteiger partial charge in [0.1, 0.15) is 12.1 Å². The van der Waals surface area contributed by atoms with Gasteiger partial charge >= 0.3 is 0 Å². The van der Waals surface area contributed by atoms with Crippen molar-refractivity contribution in [1.82, 2.24) is 0 Å². The van der Waals surface area contributed by atoms with Crippen LogP contribution < -0.4 is 10.6 Å². The monoisotopic (exact) mass is 330 g/mol. The second-order valence-corrected chi connectivity index (χ2v) is 6.00. The number of hydrogen-bond donors (Lipinski definition) is 2. The second kappa shape index (κ2) is 7.61. The van der Waals surface area contributed by atoms with Crippen LogP contribution in [-0.4, -0.2) is 12.5 Å². The lowest BCUT2D eigenvalue weighted by molar-refractivity contribution is -0.682. The highest BCUT2D eigenvalue weighted by molar-refractivity contribution is 5.92. The summed E-state index contributed by atoms with van der Waals surface area (Å²) in [4.78, 5) is 12.2. The van der Waals surface area contributed by atoms with Gasteiger partial charge in [-0.3, -0.25) is 4.79 Å². The molecule has 0 bridgehead atoms. The lowest BCUT2D eigenvalue weighted by Crippen LogP contribution is -2.86. The molecule has 124 valence electrons. The van der Waals surface area contributed by atoms with E-state index in [4.69, 9.17) is 5.26 Å². The molecule has 0 saturated heterocycles. The predicted molar refractivity (Wildman–Crippen MR) is 98.9 cm³/mol. The van der Waals surface area contributed by atoms with Crippen molar-refractivity contribution in [3.63, 3.8) is 0 Å². The summed E-state index contributed by atoms with van der Waals surface area (Å²) in [7, 11) is 0. The number of hydrogen-bond acceptors (Lipinski definition) is 2. The van der Waals surface area contributed by atoms with E-state index in [1.165, 1.54) is 16.3 Å². The van der Waals surface area contributed by atoms with Gasteiger partial charge in [0.05, 0.1) is 11.3 Å². The van der Waals surface area contributed by atoms with Crippen molar-refractivity contribution in [2.24, 2.45) is 0 Å². The summed E-state index contributed by atoms with van der Waals surface area (Å²) in [6.45, 7) is 2.39. The zero-order chi connectivity index (χ0) is 17.6. The Morgan fingerprint density at radius 1 is 1.08 bits per heavy atom. The summed E-state index contributed by atoms with van der Waals surface area (Å²) in [6, 6.07) is 23.8. The summed E-state index contributed by atoms with van der Waals surface area (Å²) in [6.07, 6.45) is 0. The van der Waals surface area contributed by atoms with Crippen LogP contribution in [0.5, 0.6) is 0 Å². The van der Waals surface area contributed by atoms with Crippen LogP contribution in [0.25, 0.3) is 10.8 Å². The number of nitriles is 1. The summed E-state index contributed by atoms with van der Waals surface area (Å²) in [5.74, 6) is -0.116. The number of quaternary nitrogens is 1. The van der Waals surface area contributed by atoms with E-state index >= 15 is 0 Å². The summed E-state index contributed by atoms with van der Waals surface area (Å²) >= 11 is 0. The van der Waals surface area contributed by atoms with Crippen molar-refractivity contribution in [3.8, 4) is 6.07 Å². The van der Waals surface area contributed by atoms with Crippen molar-refractivity contribution in [3.05, 3.63) is 77.9 Å². The van der Waals surface area contributed by atoms with Crippen LogP contribution in [0.3, 0.4) is 0 Å². The standard InChI is InChI=1S/C21H19N3O/c1-15(18-11-6-9-16-7-2-4-10-19(16)18)23-14-21(25)24-20-12-5-3-8-17(20)13-22/h2-12,15,23H,14H2,1H3,(H,24,25)/p+1/t15-/m0/s1. The van der Waals surface area contributed by atoms with Gasteiger partial charge in [-0.1, -0.05) is 54.6 Å². The molecule has 3 aromatic rings. The smallest absolute Gasteiger partial charge is 0.279 e. The van der Waals surface area contributed by atoms with Gasteiger partial charge in [-0.2, -0.15) is 5.26 Å². The number of rotatable bonds is 5. The van der Waals surface area contributed by atoms with E-state index in [9.17, 15) is 4.79 Å². The summed E-state index contributed by atoms with van der Waals surface area (Å²) < 4.78 is 0. The molecule has 3 N–H and O–H groups in total. The Kier molecular flexibility index (Phi) is 5.08. The van der Waals surface area contributed by atoms with E-state index < -0.39 is 0 Å². The number of para-hydroxylation sites is 1. The van der Waals surface area contributed by atoms with Crippen LogP contribution in [0.4, 0.5) is 5.69 Å². The number of nitrogens with zero attached hydrogens (tertiary/aromatic N) is 1. The minimum Gasteiger partial charge on any atom is -0.332 e. The third-order valence-corrected chi connectivity index (χ3v) is 4.29. The van der Waals surface area contributed by atoms with Gasteiger partial charge in [-0.15, -0.1) is 0 Å². The molecule has 1 amide bonds. The van der Waals surface area contributed by atoms with Gasteiger partial charge in [0.15, 0.2) is 6.54 Å². The Labute approximate surface area is 147 Å². The molecule has 0 radical (unpaired) electrons. The largest absolute Gasteiger partial charge is 0.332 e. The number of benzene rings is 3. The lowest BCUT2D eigenvalue weighted by Gasteiger charge is -2.14. The molecule has 0 aliphatic heterocycles. The highest BCUT2D eigenvalue weighted by Gasteiger charge is 2.14. The maximum Gasteiger partial charge on any atom is 0.279 e. The molecule has 3 rings (SSSR count). The van der Waals surface area contributed by atoms with E-state index in [0.29, 0.717) is 17.8 Å². The molecule has 0 saturated carbocycles. The molecule has 3 aromatic carbocycles. The first kappa shape index (κ1) is 16.7. The van der Waals surface area contributed by atoms with Crippen molar-refractivity contribution in [2.75, 3.05) is 11.9 Å². The first-order chi connectivity index (χ1) is 12.2. The van der Waals surface area contributed by atoms with Crippen LogP contribution in [0, 0.1) is 11.3 Å². The molecular weight excluding hydrogens is 310 g/mol. The Balaban J connectivity index is 1.66. The average molecular weight is 330 g/mol. The van der Waals surface area contributed by atoms with Gasteiger partial charge in [0.2, 0.25) is 0 Å². The SMILES string of the molecule is C[C@H]([NH2+]CC(=O)Nc1ccccc1C#N)c1cccc2ccccc12. The third-order valence-electron chi connectivity index (χ3n) is 4.29. The Hall–Kier alpha value is -3.16. The fraction of sp³-hybridized carbons (Fsp3) is 0.143. The minimum absolute atomic E-state index is 0.116. The first-order valence-electron chi connectivity index (χ1n) is 8.29. The predicted octanol–water partition coefficient (Wildman–Crippen LogP) is 2.97.